The summed E-state index contributed by atoms with van der Waals surface area (Å²) in [7, 11) is 1.92. The molecule has 0 N–H and O–H groups in total. The molecule has 0 saturated carbocycles. The van der Waals surface area contributed by atoms with Crippen LogP contribution < -0.4 is 4.74 Å². The van der Waals surface area contributed by atoms with Crippen molar-refractivity contribution in [2.24, 2.45) is 7.05 Å². The third kappa shape index (κ3) is 2.57. The maximum absolute atomic E-state index is 5.86. The Hall–Kier alpha value is -1.00. The maximum atomic E-state index is 5.86. The highest BCUT2D eigenvalue weighted by Crippen LogP contribution is 2.19. The van der Waals surface area contributed by atoms with Crippen LogP contribution in [0.4, 0.5) is 0 Å². The first-order chi connectivity index (χ1) is 7.66. The van der Waals surface area contributed by atoms with Crippen LogP contribution in [0, 0.1) is 0 Å². The number of nitrogens with zero attached hydrogens (tertiary/aromatic N) is 2. The number of imidazole rings is 1. The van der Waals surface area contributed by atoms with Gasteiger partial charge in [-0.1, -0.05) is 17.7 Å². The van der Waals surface area contributed by atoms with Gasteiger partial charge in [0, 0.05) is 12.1 Å². The molecule has 1 heterocycles. The van der Waals surface area contributed by atoms with E-state index < -0.39 is 0 Å². The molecule has 16 heavy (non-hydrogen) atoms. The fraction of sp³-hybridized carbons (Fsp3) is 0.182. The minimum atomic E-state index is 0.468. The topological polar surface area (TPSA) is 27.1 Å². The fourth-order valence-electron chi connectivity index (χ4n) is 1.27. The van der Waals surface area contributed by atoms with E-state index in [9.17, 15) is 0 Å². The molecule has 2 aromatic rings. The number of halogens is 2. The smallest absolute Gasteiger partial charge is 0.177 e. The summed E-state index contributed by atoms with van der Waals surface area (Å²) in [5, 5.41) is 0.670. The molecule has 3 nitrogen and oxygen atoms in total. The number of benzene rings is 1. The van der Waals surface area contributed by atoms with Crippen molar-refractivity contribution in [2.75, 3.05) is 0 Å². The SMILES string of the molecule is Cn1c(COc2cccc(Cl)c2)cnc1Br. The summed E-state index contributed by atoms with van der Waals surface area (Å²) in [4.78, 5) is 4.12. The lowest BCUT2D eigenvalue weighted by molar-refractivity contribution is 0.297. The number of rotatable bonds is 3. The van der Waals surface area contributed by atoms with Crippen LogP contribution >= 0.6 is 27.5 Å². The first kappa shape index (κ1) is 11.5. The van der Waals surface area contributed by atoms with E-state index in [-0.39, 0.29) is 0 Å². The Kier molecular flexibility index (Phi) is 3.51. The van der Waals surface area contributed by atoms with Crippen LogP contribution in [-0.4, -0.2) is 9.55 Å². The van der Waals surface area contributed by atoms with Gasteiger partial charge in [0.25, 0.3) is 0 Å². The molecule has 0 saturated heterocycles. The Morgan fingerprint density at radius 3 is 2.94 bits per heavy atom. The van der Waals surface area contributed by atoms with Gasteiger partial charge in [-0.3, -0.25) is 0 Å². The summed E-state index contributed by atoms with van der Waals surface area (Å²) in [5.41, 5.74) is 0.992. The summed E-state index contributed by atoms with van der Waals surface area (Å²) in [6, 6.07) is 7.33. The highest BCUT2D eigenvalue weighted by atomic mass is 79.9. The molecule has 0 spiro atoms. The van der Waals surface area contributed by atoms with Gasteiger partial charge in [0.2, 0.25) is 0 Å². The van der Waals surface area contributed by atoms with Crippen LogP contribution in [-0.2, 0) is 13.7 Å². The van der Waals surface area contributed by atoms with Crippen molar-refractivity contribution in [2.45, 2.75) is 6.61 Å². The van der Waals surface area contributed by atoms with Crippen molar-refractivity contribution >= 4 is 27.5 Å². The largest absolute Gasteiger partial charge is 0.487 e. The van der Waals surface area contributed by atoms with Gasteiger partial charge < -0.3 is 9.30 Å². The molecule has 0 amide bonds. The predicted octanol–water partition coefficient (Wildman–Crippen LogP) is 3.42. The summed E-state index contributed by atoms with van der Waals surface area (Å²) in [6.45, 7) is 0.468. The van der Waals surface area contributed by atoms with E-state index in [1.807, 2.05) is 29.8 Å². The minimum absolute atomic E-state index is 0.468. The molecule has 0 radical (unpaired) electrons. The van der Waals surface area contributed by atoms with Gasteiger partial charge in [0.1, 0.15) is 12.4 Å². The van der Waals surface area contributed by atoms with Gasteiger partial charge in [-0.15, -0.1) is 0 Å². The van der Waals surface area contributed by atoms with Crippen molar-refractivity contribution in [3.63, 3.8) is 0 Å². The van der Waals surface area contributed by atoms with E-state index in [1.165, 1.54) is 0 Å². The minimum Gasteiger partial charge on any atom is -0.487 e. The van der Waals surface area contributed by atoms with E-state index >= 15 is 0 Å². The van der Waals surface area contributed by atoms with Crippen LogP contribution in [0.25, 0.3) is 0 Å². The summed E-state index contributed by atoms with van der Waals surface area (Å²) in [5.74, 6) is 0.754. The summed E-state index contributed by atoms with van der Waals surface area (Å²) in [6.07, 6.45) is 1.77. The molecule has 0 aliphatic heterocycles. The molecule has 2 rings (SSSR count). The standard InChI is InChI=1S/C11H10BrClN2O/c1-15-9(6-14-11(15)12)7-16-10-4-2-3-8(13)5-10/h2-6H,7H2,1H3. The number of aromatic nitrogens is 2. The maximum Gasteiger partial charge on any atom is 0.177 e. The Bertz CT molecular complexity index is 498. The summed E-state index contributed by atoms with van der Waals surface area (Å²) < 4.78 is 8.31. The lowest BCUT2D eigenvalue weighted by Crippen LogP contribution is -2.01. The highest BCUT2D eigenvalue weighted by molar-refractivity contribution is 9.10. The molecule has 0 fully saturated rings. The van der Waals surface area contributed by atoms with Gasteiger partial charge in [0.05, 0.1) is 11.9 Å². The third-order valence-electron chi connectivity index (χ3n) is 2.21. The van der Waals surface area contributed by atoms with Crippen molar-refractivity contribution in [1.29, 1.82) is 0 Å². The lowest BCUT2D eigenvalue weighted by Gasteiger charge is -2.06. The molecule has 1 aromatic carbocycles. The highest BCUT2D eigenvalue weighted by Gasteiger charge is 2.04. The molecule has 0 aliphatic rings. The van der Waals surface area contributed by atoms with Crippen LogP contribution in [0.1, 0.15) is 5.69 Å². The van der Waals surface area contributed by atoms with Gasteiger partial charge in [0.15, 0.2) is 4.73 Å². The van der Waals surface area contributed by atoms with Crippen LogP contribution in [0.5, 0.6) is 5.75 Å². The number of hydrogen-bond acceptors (Lipinski definition) is 2. The van der Waals surface area contributed by atoms with Crippen LogP contribution in [0.3, 0.4) is 0 Å². The first-order valence-electron chi connectivity index (χ1n) is 4.71. The van der Waals surface area contributed by atoms with Crippen LogP contribution in [0.15, 0.2) is 35.2 Å². The van der Waals surface area contributed by atoms with Gasteiger partial charge in [-0.05, 0) is 34.1 Å². The number of hydrogen-bond donors (Lipinski definition) is 0. The molecule has 1 aromatic heterocycles. The first-order valence-corrected chi connectivity index (χ1v) is 5.88. The van der Waals surface area contributed by atoms with E-state index in [4.69, 9.17) is 16.3 Å². The molecular weight excluding hydrogens is 291 g/mol. The quantitative estimate of drug-likeness (QED) is 0.868. The van der Waals surface area contributed by atoms with Crippen molar-refractivity contribution in [3.05, 3.63) is 45.9 Å². The fourth-order valence-corrected chi connectivity index (χ4v) is 1.78. The zero-order valence-electron chi connectivity index (χ0n) is 8.65. The third-order valence-corrected chi connectivity index (χ3v) is 3.18. The molecule has 0 atom stereocenters. The molecule has 5 heteroatoms. The van der Waals surface area contributed by atoms with Crippen molar-refractivity contribution < 1.29 is 4.74 Å². The van der Waals surface area contributed by atoms with Crippen molar-refractivity contribution in [3.8, 4) is 5.75 Å². The Balaban J connectivity index is 2.05. The zero-order valence-corrected chi connectivity index (χ0v) is 11.0. The Labute approximate surface area is 107 Å². The van der Waals surface area contributed by atoms with Gasteiger partial charge >= 0.3 is 0 Å². The normalized spacial score (nSPS) is 10.4. The second kappa shape index (κ2) is 4.89. The monoisotopic (exact) mass is 300 g/mol. The summed E-state index contributed by atoms with van der Waals surface area (Å²) >= 11 is 9.19. The molecule has 84 valence electrons. The van der Waals surface area contributed by atoms with Gasteiger partial charge in [-0.25, -0.2) is 4.98 Å². The molecule has 0 aliphatic carbocycles. The van der Waals surface area contributed by atoms with E-state index in [0.717, 1.165) is 16.2 Å². The average Bonchev–Trinajstić information content (AvgIpc) is 2.57. The average molecular weight is 302 g/mol. The second-order valence-electron chi connectivity index (χ2n) is 3.32. The number of ether oxygens (including phenoxy) is 1. The predicted molar refractivity (Wildman–Crippen MR) is 66.7 cm³/mol. The van der Waals surface area contributed by atoms with Crippen LogP contribution in [0.2, 0.25) is 5.02 Å². The van der Waals surface area contributed by atoms with Crippen molar-refractivity contribution in [1.82, 2.24) is 9.55 Å². The molecule has 0 unspecified atom stereocenters. The second-order valence-corrected chi connectivity index (χ2v) is 4.47. The van der Waals surface area contributed by atoms with E-state index in [0.29, 0.717) is 11.6 Å². The molecular formula is C11H10BrClN2O. The Morgan fingerprint density at radius 1 is 1.50 bits per heavy atom. The zero-order chi connectivity index (χ0) is 11.5. The Morgan fingerprint density at radius 2 is 2.31 bits per heavy atom. The van der Waals surface area contributed by atoms with E-state index in [1.54, 1.807) is 12.3 Å². The lowest BCUT2D eigenvalue weighted by atomic mass is 10.3. The molecule has 0 bridgehead atoms. The van der Waals surface area contributed by atoms with Gasteiger partial charge in [-0.2, -0.15) is 0 Å². The van der Waals surface area contributed by atoms with E-state index in [2.05, 4.69) is 20.9 Å².